The molecule has 3 aromatic rings. The second-order valence-electron chi connectivity index (χ2n) is 6.64. The summed E-state index contributed by atoms with van der Waals surface area (Å²) >= 11 is 0. The van der Waals surface area contributed by atoms with Crippen molar-refractivity contribution < 1.29 is 19.7 Å². The van der Waals surface area contributed by atoms with Crippen molar-refractivity contribution in [3.63, 3.8) is 0 Å². The monoisotopic (exact) mass is 346 g/mol. The number of phenolic OH excluding ortho intramolecular Hbond substituents is 2. The molecule has 0 amide bonds. The highest BCUT2D eigenvalue weighted by Gasteiger charge is 2.52. The van der Waals surface area contributed by atoms with Crippen LogP contribution in [0.25, 0.3) is 0 Å². The highest BCUT2D eigenvalue weighted by atomic mass is 16.5. The Morgan fingerprint density at radius 1 is 0.808 bits per heavy atom. The van der Waals surface area contributed by atoms with E-state index in [-0.39, 0.29) is 11.5 Å². The number of esters is 1. The zero-order valence-corrected chi connectivity index (χ0v) is 14.5. The van der Waals surface area contributed by atoms with Crippen molar-refractivity contribution in [2.75, 3.05) is 0 Å². The maximum Gasteiger partial charge on any atom is 0.331 e. The van der Waals surface area contributed by atoms with Gasteiger partial charge in [-0.2, -0.15) is 0 Å². The highest BCUT2D eigenvalue weighted by Crippen LogP contribution is 2.49. The normalized spacial score (nSPS) is 14.8. The van der Waals surface area contributed by atoms with Crippen molar-refractivity contribution in [2.24, 2.45) is 0 Å². The van der Waals surface area contributed by atoms with E-state index in [1.807, 2.05) is 18.2 Å². The molecule has 0 unspecified atom stereocenters. The molecule has 0 spiro atoms. The third kappa shape index (κ3) is 2.12. The van der Waals surface area contributed by atoms with Gasteiger partial charge in [-0.05, 0) is 54.3 Å². The highest BCUT2D eigenvalue weighted by molar-refractivity contribution is 5.98. The molecule has 0 aliphatic carbocycles. The predicted octanol–water partition coefficient (Wildman–Crippen LogP) is 3.97. The van der Waals surface area contributed by atoms with Crippen LogP contribution in [-0.2, 0) is 10.2 Å². The minimum Gasteiger partial charge on any atom is -0.508 e. The molecule has 2 N–H and O–H groups in total. The summed E-state index contributed by atoms with van der Waals surface area (Å²) in [6.07, 6.45) is 0. The van der Waals surface area contributed by atoms with Crippen LogP contribution in [0.1, 0.15) is 27.8 Å². The first-order valence-electron chi connectivity index (χ1n) is 8.36. The van der Waals surface area contributed by atoms with Crippen LogP contribution in [0, 0.1) is 13.8 Å². The molecular formula is C22H18O4. The van der Waals surface area contributed by atoms with Gasteiger partial charge in [-0.15, -0.1) is 0 Å². The number of hydrogen-bond acceptors (Lipinski definition) is 4. The maximum absolute atomic E-state index is 13.2. The number of carbonyl (C=O) groups is 1. The first kappa shape index (κ1) is 16.2. The molecule has 0 saturated heterocycles. The van der Waals surface area contributed by atoms with Crippen LogP contribution in [0.4, 0.5) is 0 Å². The van der Waals surface area contributed by atoms with E-state index in [1.165, 1.54) is 0 Å². The second kappa shape index (κ2) is 5.63. The minimum absolute atomic E-state index is 0.172. The van der Waals surface area contributed by atoms with Crippen molar-refractivity contribution in [1.29, 1.82) is 0 Å². The lowest BCUT2D eigenvalue weighted by atomic mass is 9.70. The summed E-state index contributed by atoms with van der Waals surface area (Å²) in [5.74, 6) is 0.471. The largest absolute Gasteiger partial charge is 0.508 e. The summed E-state index contributed by atoms with van der Waals surface area (Å²) in [5, 5.41) is 19.9. The maximum atomic E-state index is 13.2. The molecule has 4 nitrogen and oxygen atoms in total. The Balaban J connectivity index is 2.09. The lowest BCUT2D eigenvalue weighted by Gasteiger charge is -2.28. The van der Waals surface area contributed by atoms with Crippen molar-refractivity contribution in [1.82, 2.24) is 0 Å². The summed E-state index contributed by atoms with van der Waals surface area (Å²) in [6, 6.07) is 17.6. The predicted molar refractivity (Wildman–Crippen MR) is 97.6 cm³/mol. The molecule has 0 saturated carbocycles. The molecular weight excluding hydrogens is 328 g/mol. The van der Waals surface area contributed by atoms with Gasteiger partial charge in [-0.1, -0.05) is 42.5 Å². The lowest BCUT2D eigenvalue weighted by Crippen LogP contribution is -2.36. The standard InChI is InChI=1S/C22H18O4/c1-13-11-15(7-9-18(13)23)22(16-8-10-19(24)14(2)12-16)17-5-3-4-6-20(17)26-21(22)25/h3-12,23-24H,1-2H3. The number of fused-ring (bicyclic) bond motifs is 1. The molecule has 1 heterocycles. The number of aryl methyl sites for hydroxylation is 2. The van der Waals surface area contributed by atoms with E-state index in [1.54, 1.807) is 56.3 Å². The van der Waals surface area contributed by atoms with Gasteiger partial charge in [-0.3, -0.25) is 0 Å². The molecule has 0 atom stereocenters. The molecule has 1 aliphatic rings. The number of para-hydroxylation sites is 1. The SMILES string of the molecule is Cc1cc(C2(c3ccc(O)c(C)c3)C(=O)Oc3ccccc32)ccc1O. The van der Waals surface area contributed by atoms with Crippen LogP contribution in [0.2, 0.25) is 0 Å². The van der Waals surface area contributed by atoms with Crippen molar-refractivity contribution in [2.45, 2.75) is 19.3 Å². The first-order valence-corrected chi connectivity index (χ1v) is 8.36. The Labute approximate surface area is 151 Å². The first-order chi connectivity index (χ1) is 12.4. The fourth-order valence-electron chi connectivity index (χ4n) is 3.64. The Morgan fingerprint density at radius 3 is 1.88 bits per heavy atom. The molecule has 26 heavy (non-hydrogen) atoms. The fourth-order valence-corrected chi connectivity index (χ4v) is 3.64. The number of phenols is 2. The molecule has 4 heteroatoms. The molecule has 130 valence electrons. The summed E-state index contributed by atoms with van der Waals surface area (Å²) in [4.78, 5) is 13.2. The van der Waals surface area contributed by atoms with Gasteiger partial charge in [0.25, 0.3) is 0 Å². The van der Waals surface area contributed by atoms with Gasteiger partial charge in [-0.25, -0.2) is 4.79 Å². The van der Waals surface area contributed by atoms with E-state index >= 15 is 0 Å². The topological polar surface area (TPSA) is 66.8 Å². The molecule has 3 aromatic carbocycles. The molecule has 0 radical (unpaired) electrons. The molecule has 4 rings (SSSR count). The third-order valence-electron chi connectivity index (χ3n) is 5.06. The zero-order chi connectivity index (χ0) is 18.5. The molecule has 0 aromatic heterocycles. The Morgan fingerprint density at radius 2 is 1.35 bits per heavy atom. The van der Waals surface area contributed by atoms with Gasteiger partial charge in [0.1, 0.15) is 22.7 Å². The summed E-state index contributed by atoms with van der Waals surface area (Å²) in [5.41, 5.74) is 2.39. The number of hydrogen-bond donors (Lipinski definition) is 2. The van der Waals surface area contributed by atoms with Gasteiger partial charge in [0, 0.05) is 5.56 Å². The number of benzene rings is 3. The Hall–Kier alpha value is -3.27. The van der Waals surface area contributed by atoms with Crippen molar-refractivity contribution >= 4 is 5.97 Å². The number of rotatable bonds is 2. The molecule has 1 aliphatic heterocycles. The second-order valence-corrected chi connectivity index (χ2v) is 6.64. The van der Waals surface area contributed by atoms with Crippen molar-refractivity contribution in [3.8, 4) is 17.2 Å². The Kier molecular flexibility index (Phi) is 3.51. The zero-order valence-electron chi connectivity index (χ0n) is 14.5. The average Bonchev–Trinajstić information content (AvgIpc) is 2.92. The van der Waals surface area contributed by atoms with E-state index in [0.29, 0.717) is 28.0 Å². The molecule has 0 bridgehead atoms. The fraction of sp³-hybridized carbons (Fsp3) is 0.136. The van der Waals surface area contributed by atoms with Crippen LogP contribution < -0.4 is 4.74 Å². The molecule has 0 fully saturated rings. The third-order valence-corrected chi connectivity index (χ3v) is 5.06. The van der Waals surface area contributed by atoms with Crippen molar-refractivity contribution in [3.05, 3.63) is 88.5 Å². The van der Waals surface area contributed by atoms with E-state index < -0.39 is 11.4 Å². The number of ether oxygens (including phenoxy) is 1. The Bertz CT molecular complexity index is 985. The van der Waals surface area contributed by atoms with Crippen LogP contribution in [0.3, 0.4) is 0 Å². The van der Waals surface area contributed by atoms with Crippen LogP contribution in [-0.4, -0.2) is 16.2 Å². The van der Waals surface area contributed by atoms with E-state index in [9.17, 15) is 15.0 Å². The lowest BCUT2D eigenvalue weighted by molar-refractivity contribution is -0.135. The summed E-state index contributed by atoms with van der Waals surface area (Å²) < 4.78 is 5.61. The summed E-state index contributed by atoms with van der Waals surface area (Å²) in [7, 11) is 0. The van der Waals surface area contributed by atoms with Crippen LogP contribution in [0.15, 0.2) is 60.7 Å². The number of carbonyl (C=O) groups excluding carboxylic acids is 1. The number of aromatic hydroxyl groups is 2. The van der Waals surface area contributed by atoms with E-state index in [2.05, 4.69) is 0 Å². The van der Waals surface area contributed by atoms with E-state index in [0.717, 1.165) is 5.56 Å². The van der Waals surface area contributed by atoms with Crippen LogP contribution in [0.5, 0.6) is 17.2 Å². The smallest absolute Gasteiger partial charge is 0.331 e. The van der Waals surface area contributed by atoms with Gasteiger partial charge >= 0.3 is 5.97 Å². The van der Waals surface area contributed by atoms with Gasteiger partial charge in [0.15, 0.2) is 0 Å². The average molecular weight is 346 g/mol. The van der Waals surface area contributed by atoms with Gasteiger partial charge in [0.2, 0.25) is 0 Å². The van der Waals surface area contributed by atoms with E-state index in [4.69, 9.17) is 4.74 Å². The summed E-state index contributed by atoms with van der Waals surface area (Å²) in [6.45, 7) is 3.58. The van der Waals surface area contributed by atoms with Crippen LogP contribution >= 0.6 is 0 Å². The van der Waals surface area contributed by atoms with Gasteiger partial charge < -0.3 is 14.9 Å². The minimum atomic E-state index is -1.15. The quantitative estimate of drug-likeness (QED) is 0.544. The van der Waals surface area contributed by atoms with Gasteiger partial charge in [0.05, 0.1) is 0 Å².